The van der Waals surface area contributed by atoms with Gasteiger partial charge in [-0.05, 0) is 26.2 Å². The summed E-state index contributed by atoms with van der Waals surface area (Å²) in [7, 11) is 0. The Morgan fingerprint density at radius 3 is 2.68 bits per heavy atom. The highest BCUT2D eigenvalue weighted by Crippen LogP contribution is 2.17. The number of aromatic nitrogens is 3. The number of aryl methyl sites for hydroxylation is 1. The van der Waals surface area contributed by atoms with Crippen molar-refractivity contribution in [1.29, 1.82) is 0 Å². The van der Waals surface area contributed by atoms with Gasteiger partial charge in [-0.3, -0.25) is 4.99 Å². The summed E-state index contributed by atoms with van der Waals surface area (Å²) in [6.07, 6.45) is 3.34. The Bertz CT molecular complexity index is 576. The van der Waals surface area contributed by atoms with Crippen LogP contribution in [0.2, 0.25) is 0 Å². The van der Waals surface area contributed by atoms with Gasteiger partial charge in [0.1, 0.15) is 5.82 Å². The molecule has 3 N–H and O–H groups in total. The number of aliphatic imine (C=N–C) groups is 1. The van der Waals surface area contributed by atoms with E-state index in [-0.39, 0.29) is 6.04 Å². The summed E-state index contributed by atoms with van der Waals surface area (Å²) in [6, 6.07) is 0.267. The Morgan fingerprint density at radius 2 is 2.08 bits per heavy atom. The van der Waals surface area contributed by atoms with E-state index in [2.05, 4.69) is 39.6 Å². The Balaban J connectivity index is 2.02. The van der Waals surface area contributed by atoms with E-state index >= 15 is 0 Å². The largest absolute Gasteiger partial charge is 0.388 e. The molecule has 142 valence electrons. The number of fused-ring (bicyclic) bond motifs is 1. The number of hydrogen-bond acceptors (Lipinski definition) is 4. The summed E-state index contributed by atoms with van der Waals surface area (Å²) < 4.78 is 2.02. The van der Waals surface area contributed by atoms with Gasteiger partial charge in [-0.2, -0.15) is 5.10 Å². The molecule has 0 amide bonds. The van der Waals surface area contributed by atoms with Crippen LogP contribution in [0.15, 0.2) is 4.99 Å². The third-order valence-electron chi connectivity index (χ3n) is 4.92. The Morgan fingerprint density at radius 1 is 1.36 bits per heavy atom. The first-order valence-electron chi connectivity index (χ1n) is 9.61. The number of nitrogens with zero attached hydrogens (tertiary/aromatic N) is 4. The van der Waals surface area contributed by atoms with Crippen molar-refractivity contribution in [3.63, 3.8) is 0 Å². The molecule has 7 nitrogen and oxygen atoms in total. The SMILES string of the molecule is CCNC(=NCC(O)(CC)CC)NC1CCc2nc(C(C)C)nn2C1. The summed E-state index contributed by atoms with van der Waals surface area (Å²) in [4.78, 5) is 9.25. The summed E-state index contributed by atoms with van der Waals surface area (Å²) in [5.41, 5.74) is -0.722. The van der Waals surface area contributed by atoms with Crippen LogP contribution in [0.5, 0.6) is 0 Å². The Labute approximate surface area is 151 Å². The molecule has 0 saturated heterocycles. The average Bonchev–Trinajstić information content (AvgIpc) is 3.03. The van der Waals surface area contributed by atoms with Crippen LogP contribution in [0.25, 0.3) is 0 Å². The van der Waals surface area contributed by atoms with Crippen molar-refractivity contribution in [2.24, 2.45) is 4.99 Å². The molecule has 2 heterocycles. The summed E-state index contributed by atoms with van der Waals surface area (Å²) >= 11 is 0. The molecule has 0 saturated carbocycles. The highest BCUT2D eigenvalue weighted by molar-refractivity contribution is 5.80. The first-order valence-corrected chi connectivity index (χ1v) is 9.61. The Kier molecular flexibility index (Phi) is 6.81. The van der Waals surface area contributed by atoms with E-state index < -0.39 is 5.60 Å². The maximum Gasteiger partial charge on any atom is 0.191 e. The second-order valence-corrected chi connectivity index (χ2v) is 7.23. The molecule has 1 aliphatic heterocycles. The molecule has 1 aromatic rings. The average molecular weight is 351 g/mol. The number of rotatable bonds is 7. The van der Waals surface area contributed by atoms with E-state index in [4.69, 9.17) is 0 Å². The van der Waals surface area contributed by atoms with Crippen molar-refractivity contribution < 1.29 is 5.11 Å². The fourth-order valence-electron chi connectivity index (χ4n) is 2.90. The quantitative estimate of drug-likeness (QED) is 0.516. The molecule has 0 aliphatic carbocycles. The smallest absolute Gasteiger partial charge is 0.191 e. The van der Waals surface area contributed by atoms with Crippen LogP contribution in [0.3, 0.4) is 0 Å². The highest BCUT2D eigenvalue weighted by Gasteiger charge is 2.24. The first-order chi connectivity index (χ1) is 11.9. The van der Waals surface area contributed by atoms with Crippen LogP contribution in [-0.4, -0.2) is 50.6 Å². The molecule has 0 bridgehead atoms. The van der Waals surface area contributed by atoms with Crippen molar-refractivity contribution in [2.45, 2.75) is 84.4 Å². The van der Waals surface area contributed by atoms with Crippen LogP contribution >= 0.6 is 0 Å². The van der Waals surface area contributed by atoms with Gasteiger partial charge in [-0.25, -0.2) is 9.67 Å². The van der Waals surface area contributed by atoms with Crippen LogP contribution in [-0.2, 0) is 13.0 Å². The van der Waals surface area contributed by atoms with E-state index in [1.165, 1.54) is 0 Å². The fraction of sp³-hybridized carbons (Fsp3) is 0.833. The molecule has 0 aromatic carbocycles. The van der Waals surface area contributed by atoms with Gasteiger partial charge in [-0.1, -0.05) is 27.7 Å². The number of nitrogens with one attached hydrogen (secondary N) is 2. The zero-order valence-electron chi connectivity index (χ0n) is 16.3. The molecular formula is C18H34N6O. The van der Waals surface area contributed by atoms with Gasteiger partial charge in [0.05, 0.1) is 18.7 Å². The second-order valence-electron chi connectivity index (χ2n) is 7.23. The fourth-order valence-corrected chi connectivity index (χ4v) is 2.90. The minimum atomic E-state index is -0.722. The summed E-state index contributed by atoms with van der Waals surface area (Å²) in [5, 5.41) is 21.9. The third kappa shape index (κ3) is 5.17. The second kappa shape index (κ2) is 8.65. The van der Waals surface area contributed by atoms with Gasteiger partial charge >= 0.3 is 0 Å². The van der Waals surface area contributed by atoms with Gasteiger partial charge in [0.15, 0.2) is 11.8 Å². The molecule has 7 heteroatoms. The van der Waals surface area contributed by atoms with E-state index in [1.54, 1.807) is 0 Å². The van der Waals surface area contributed by atoms with Crippen molar-refractivity contribution in [3.05, 3.63) is 11.6 Å². The maximum atomic E-state index is 10.5. The summed E-state index contributed by atoms with van der Waals surface area (Å²) in [6.45, 7) is 12.3. The van der Waals surface area contributed by atoms with Crippen LogP contribution in [0.4, 0.5) is 0 Å². The van der Waals surface area contributed by atoms with Gasteiger partial charge in [0.2, 0.25) is 0 Å². The van der Waals surface area contributed by atoms with Crippen molar-refractivity contribution >= 4 is 5.96 Å². The molecule has 0 fully saturated rings. The normalized spacial score (nSPS) is 18.4. The number of guanidine groups is 1. The molecule has 1 atom stereocenters. The topological polar surface area (TPSA) is 87.4 Å². The van der Waals surface area contributed by atoms with E-state index in [0.29, 0.717) is 25.3 Å². The van der Waals surface area contributed by atoms with Crippen LogP contribution in [0, 0.1) is 0 Å². The molecule has 25 heavy (non-hydrogen) atoms. The lowest BCUT2D eigenvalue weighted by Crippen LogP contribution is -2.47. The van der Waals surface area contributed by atoms with Gasteiger partial charge < -0.3 is 15.7 Å². The first kappa shape index (κ1) is 19.7. The van der Waals surface area contributed by atoms with E-state index in [1.807, 2.05) is 25.5 Å². The lowest BCUT2D eigenvalue weighted by molar-refractivity contribution is 0.0417. The molecule has 0 radical (unpaired) electrons. The maximum absolute atomic E-state index is 10.5. The molecule has 2 rings (SSSR count). The van der Waals surface area contributed by atoms with Crippen molar-refractivity contribution in [2.75, 3.05) is 13.1 Å². The molecule has 0 spiro atoms. The third-order valence-corrected chi connectivity index (χ3v) is 4.92. The minimum Gasteiger partial charge on any atom is -0.388 e. The predicted octanol–water partition coefficient (Wildman–Crippen LogP) is 1.82. The minimum absolute atomic E-state index is 0.267. The molecule has 1 unspecified atom stereocenters. The monoisotopic (exact) mass is 350 g/mol. The molecule has 1 aromatic heterocycles. The highest BCUT2D eigenvalue weighted by atomic mass is 16.3. The van der Waals surface area contributed by atoms with Crippen molar-refractivity contribution in [3.8, 4) is 0 Å². The molecular weight excluding hydrogens is 316 g/mol. The van der Waals surface area contributed by atoms with Gasteiger partial charge in [-0.15, -0.1) is 0 Å². The van der Waals surface area contributed by atoms with Gasteiger partial charge in [0, 0.05) is 24.9 Å². The lowest BCUT2D eigenvalue weighted by atomic mass is 9.98. The standard InChI is InChI=1S/C18H34N6O/c1-6-18(25,7-2)12-20-17(19-8-3)21-14-9-10-15-22-16(13(4)5)23-24(15)11-14/h13-14,25H,6-12H2,1-5H3,(H2,19,20,21). The molecule has 1 aliphatic rings. The number of hydrogen-bond donors (Lipinski definition) is 3. The summed E-state index contributed by atoms with van der Waals surface area (Å²) in [5.74, 6) is 3.12. The van der Waals surface area contributed by atoms with Crippen molar-refractivity contribution in [1.82, 2.24) is 25.4 Å². The Hall–Kier alpha value is -1.63. The van der Waals surface area contributed by atoms with E-state index in [9.17, 15) is 5.11 Å². The zero-order valence-corrected chi connectivity index (χ0v) is 16.3. The number of aliphatic hydroxyl groups is 1. The predicted molar refractivity (Wildman–Crippen MR) is 101 cm³/mol. The van der Waals surface area contributed by atoms with Crippen LogP contribution < -0.4 is 10.6 Å². The lowest BCUT2D eigenvalue weighted by Gasteiger charge is -2.27. The van der Waals surface area contributed by atoms with Crippen LogP contribution in [0.1, 0.15) is 71.4 Å². The van der Waals surface area contributed by atoms with Gasteiger partial charge in [0.25, 0.3) is 0 Å². The zero-order chi connectivity index (χ0) is 18.4. The van der Waals surface area contributed by atoms with E-state index in [0.717, 1.165) is 43.5 Å².